The average molecular weight is 583 g/mol. The molecule has 9 nitrogen and oxygen atoms in total. The van der Waals surface area contributed by atoms with Gasteiger partial charge in [0.05, 0.1) is 5.56 Å². The van der Waals surface area contributed by atoms with Gasteiger partial charge in [-0.05, 0) is 85.2 Å². The fourth-order valence-corrected chi connectivity index (χ4v) is 6.38. The van der Waals surface area contributed by atoms with Gasteiger partial charge in [0.25, 0.3) is 5.91 Å². The van der Waals surface area contributed by atoms with Gasteiger partial charge in [-0.2, -0.15) is 10.1 Å². The van der Waals surface area contributed by atoms with Crippen LogP contribution < -0.4 is 10.3 Å². The van der Waals surface area contributed by atoms with Gasteiger partial charge >= 0.3 is 0 Å². The molecule has 2 aliphatic heterocycles. The summed E-state index contributed by atoms with van der Waals surface area (Å²) in [5.41, 5.74) is 8.20. The number of aromatic nitrogens is 4. The number of fused-ring (bicyclic) bond motifs is 3. The largest absolute Gasteiger partial charge is 0.322 e. The van der Waals surface area contributed by atoms with Crippen LogP contribution in [0.1, 0.15) is 45.5 Å². The van der Waals surface area contributed by atoms with Crippen LogP contribution in [-0.2, 0) is 19.3 Å². The first kappa shape index (κ1) is 27.7. The second kappa shape index (κ2) is 12.3. The molecule has 9 heteroatoms. The first-order valence-corrected chi connectivity index (χ1v) is 15.4. The molecule has 1 N–H and O–H groups in total. The normalized spacial score (nSPS) is 15.1. The molecule has 220 valence electrons. The van der Waals surface area contributed by atoms with E-state index in [2.05, 4.69) is 61.4 Å². The first-order chi connectivity index (χ1) is 21.7. The van der Waals surface area contributed by atoms with Crippen LogP contribution in [0.15, 0.2) is 79.1 Å². The van der Waals surface area contributed by atoms with Crippen LogP contribution in [0.3, 0.4) is 0 Å². The minimum absolute atomic E-state index is 0.195. The van der Waals surface area contributed by atoms with E-state index in [0.717, 1.165) is 87.3 Å². The molecule has 0 atom stereocenters. The molecule has 7 rings (SSSR count). The van der Waals surface area contributed by atoms with Gasteiger partial charge in [-0.1, -0.05) is 30.3 Å². The molecule has 0 radical (unpaired) electrons. The Morgan fingerprint density at radius 3 is 2.34 bits per heavy atom. The molecule has 2 aromatic carbocycles. The molecule has 2 aliphatic carbocycles. The van der Waals surface area contributed by atoms with Crippen LogP contribution in [0.25, 0.3) is 22.8 Å². The van der Waals surface area contributed by atoms with Gasteiger partial charge in [0.2, 0.25) is 0 Å². The van der Waals surface area contributed by atoms with Crippen molar-refractivity contribution in [1.29, 1.82) is 5.26 Å². The van der Waals surface area contributed by atoms with E-state index in [1.54, 1.807) is 24.5 Å². The maximum atomic E-state index is 12.6. The zero-order valence-electron chi connectivity index (χ0n) is 24.6. The highest BCUT2D eigenvalue weighted by atomic mass is 16.1. The molecule has 3 aromatic rings. The zero-order chi connectivity index (χ0) is 29.9. The van der Waals surface area contributed by atoms with Crippen LogP contribution >= 0.6 is 0 Å². The van der Waals surface area contributed by atoms with E-state index in [1.807, 2.05) is 24.3 Å². The van der Waals surface area contributed by atoms with Gasteiger partial charge in [0.15, 0.2) is 5.82 Å². The van der Waals surface area contributed by atoms with Crippen LogP contribution in [-0.4, -0.2) is 63.4 Å². The lowest BCUT2D eigenvalue weighted by molar-refractivity contribution is 0.102. The molecule has 0 spiro atoms. The number of carbonyl (C=O) groups excluding carboxylic acids is 1. The SMILES string of the molecule is N#Cc1c2nc(-c3ccc(NC(=O)c4ccncc4)cc3)nn(N3CCN(CCc4ccccc4)CC3)c-2c2c1CCCC2. The summed E-state index contributed by atoms with van der Waals surface area (Å²) in [5.74, 6) is 0.370. The summed E-state index contributed by atoms with van der Waals surface area (Å²) in [6, 6.07) is 24.1. The van der Waals surface area contributed by atoms with Gasteiger partial charge < -0.3 is 5.32 Å². The summed E-state index contributed by atoms with van der Waals surface area (Å²) in [6.45, 7) is 4.60. The number of hydrogen-bond donors (Lipinski definition) is 1. The van der Waals surface area contributed by atoms with Gasteiger partial charge in [0.1, 0.15) is 17.5 Å². The molecule has 3 heterocycles. The van der Waals surface area contributed by atoms with Crippen molar-refractivity contribution in [3.63, 3.8) is 0 Å². The van der Waals surface area contributed by atoms with E-state index < -0.39 is 0 Å². The first-order valence-electron chi connectivity index (χ1n) is 15.4. The minimum Gasteiger partial charge on any atom is -0.322 e. The van der Waals surface area contributed by atoms with Gasteiger partial charge in [-0.3, -0.25) is 19.7 Å². The molecule has 1 amide bonds. The summed E-state index contributed by atoms with van der Waals surface area (Å²) in [7, 11) is 0. The number of nitriles is 1. The number of benzene rings is 2. The highest BCUT2D eigenvalue weighted by molar-refractivity contribution is 6.04. The number of carbonyl (C=O) groups is 1. The molecule has 44 heavy (non-hydrogen) atoms. The second-order valence-corrected chi connectivity index (χ2v) is 11.5. The Bertz CT molecular complexity index is 1770. The van der Waals surface area contributed by atoms with Crippen LogP contribution in [0.4, 0.5) is 5.69 Å². The molecule has 1 fully saturated rings. The fourth-order valence-electron chi connectivity index (χ4n) is 6.38. The lowest BCUT2D eigenvalue weighted by atomic mass is 9.94. The van der Waals surface area contributed by atoms with Gasteiger partial charge in [-0.25, -0.2) is 4.98 Å². The van der Waals surface area contributed by atoms with Crippen molar-refractivity contribution in [3.8, 4) is 28.8 Å². The molecular formula is C35H34N8O. The molecule has 0 bridgehead atoms. The smallest absolute Gasteiger partial charge is 0.255 e. The Kier molecular flexibility index (Phi) is 7.74. The number of nitrogens with one attached hydrogen (secondary N) is 1. The average Bonchev–Trinajstić information content (AvgIpc) is 3.42. The third-order valence-electron chi connectivity index (χ3n) is 8.76. The third kappa shape index (κ3) is 5.52. The van der Waals surface area contributed by atoms with Crippen molar-refractivity contribution < 1.29 is 4.79 Å². The van der Waals surface area contributed by atoms with Crippen LogP contribution in [0, 0.1) is 11.3 Å². The van der Waals surface area contributed by atoms with Gasteiger partial charge in [-0.15, -0.1) is 5.10 Å². The van der Waals surface area contributed by atoms with Crippen LogP contribution in [0.2, 0.25) is 0 Å². The van der Waals surface area contributed by atoms with Crippen molar-refractivity contribution in [3.05, 3.63) is 107 Å². The summed E-state index contributed by atoms with van der Waals surface area (Å²) < 4.78 is 0. The lowest BCUT2D eigenvalue weighted by Crippen LogP contribution is -2.52. The van der Waals surface area contributed by atoms with E-state index in [0.29, 0.717) is 22.6 Å². The van der Waals surface area contributed by atoms with Crippen molar-refractivity contribution in [2.75, 3.05) is 43.0 Å². The Labute approximate surface area is 257 Å². The van der Waals surface area contributed by atoms with Crippen LogP contribution in [0.5, 0.6) is 0 Å². The number of hydrogen-bond acceptors (Lipinski definition) is 7. The molecular weight excluding hydrogens is 548 g/mol. The standard InChI is InChI=1S/C35H34N8O/c36-24-31-29-8-4-5-9-30(29)33-32(31)39-34(26-10-12-28(13-11-26)38-35(44)27-14-17-37-18-15-27)40-43(33)42-22-20-41(21-23-42)19-16-25-6-2-1-3-7-25/h1-3,6-7,10-15,17-18H,4-5,8-9,16,19-23H2,(H,38,44). The number of amides is 1. The predicted molar refractivity (Wildman–Crippen MR) is 170 cm³/mol. The highest BCUT2D eigenvalue weighted by Crippen LogP contribution is 2.40. The van der Waals surface area contributed by atoms with Crippen molar-refractivity contribution in [2.45, 2.75) is 32.1 Å². The van der Waals surface area contributed by atoms with E-state index in [9.17, 15) is 10.1 Å². The van der Waals surface area contributed by atoms with Crippen molar-refractivity contribution in [2.24, 2.45) is 0 Å². The Hall–Kier alpha value is -5.07. The lowest BCUT2D eigenvalue weighted by Gasteiger charge is -2.37. The zero-order valence-corrected chi connectivity index (χ0v) is 24.6. The summed E-state index contributed by atoms with van der Waals surface area (Å²) in [4.78, 5) is 26.2. The van der Waals surface area contributed by atoms with E-state index >= 15 is 0 Å². The highest BCUT2D eigenvalue weighted by Gasteiger charge is 2.32. The molecule has 1 saturated heterocycles. The maximum absolute atomic E-state index is 12.6. The number of pyridine rings is 1. The summed E-state index contributed by atoms with van der Waals surface area (Å²) in [5, 5.41) is 20.6. The van der Waals surface area contributed by atoms with Crippen molar-refractivity contribution in [1.82, 2.24) is 24.8 Å². The summed E-state index contributed by atoms with van der Waals surface area (Å²) >= 11 is 0. The Balaban J connectivity index is 1.17. The number of rotatable bonds is 7. The van der Waals surface area contributed by atoms with Gasteiger partial charge in [0, 0.05) is 61.9 Å². The molecule has 0 saturated carbocycles. The van der Waals surface area contributed by atoms with E-state index in [-0.39, 0.29) is 5.91 Å². The topological polar surface area (TPSA) is 103 Å². The molecule has 1 aromatic heterocycles. The quantitative estimate of drug-likeness (QED) is 0.290. The number of nitrogens with zero attached hydrogens (tertiary/aromatic N) is 7. The Morgan fingerprint density at radius 1 is 0.886 bits per heavy atom. The molecule has 4 aliphatic rings. The number of anilines is 1. The number of piperazine rings is 1. The third-order valence-corrected chi connectivity index (χ3v) is 8.76. The minimum atomic E-state index is -0.195. The maximum Gasteiger partial charge on any atom is 0.255 e. The fraction of sp³-hybridized carbons (Fsp3) is 0.286. The van der Waals surface area contributed by atoms with Crippen molar-refractivity contribution >= 4 is 11.6 Å². The van der Waals surface area contributed by atoms with E-state index in [1.165, 1.54) is 11.1 Å². The van der Waals surface area contributed by atoms with E-state index in [4.69, 9.17) is 10.1 Å². The molecule has 0 unspecified atom stereocenters. The Morgan fingerprint density at radius 2 is 1.61 bits per heavy atom. The second-order valence-electron chi connectivity index (χ2n) is 11.5. The monoisotopic (exact) mass is 582 g/mol. The summed E-state index contributed by atoms with van der Waals surface area (Å²) in [6.07, 6.45) is 8.28. The predicted octanol–water partition coefficient (Wildman–Crippen LogP) is 4.94.